The zero-order chi connectivity index (χ0) is 20.3. The molecule has 4 nitrogen and oxygen atoms in total. The van der Waals surface area contributed by atoms with E-state index in [1.807, 2.05) is 51.1 Å². The number of amides is 1. The van der Waals surface area contributed by atoms with Crippen LogP contribution in [-0.4, -0.2) is 31.2 Å². The quantitative estimate of drug-likeness (QED) is 0.579. The lowest BCUT2D eigenvalue weighted by Gasteiger charge is -2.16. The molecule has 1 aromatic heterocycles. The maximum Gasteiger partial charge on any atom is 0.252 e. The zero-order valence-electron chi connectivity index (χ0n) is 16.7. The van der Waals surface area contributed by atoms with Gasteiger partial charge in [-0.05, 0) is 56.5 Å². The van der Waals surface area contributed by atoms with Crippen molar-refractivity contribution in [1.29, 1.82) is 0 Å². The van der Waals surface area contributed by atoms with Crippen molar-refractivity contribution >= 4 is 28.4 Å². The number of carbonyl (C=O) groups excluding carboxylic acids is 1. The number of fused-ring (bicyclic) bond motifs is 1. The van der Waals surface area contributed by atoms with Crippen molar-refractivity contribution in [3.05, 3.63) is 63.7 Å². The van der Waals surface area contributed by atoms with Gasteiger partial charge in [0.1, 0.15) is 0 Å². The molecule has 146 valence electrons. The van der Waals surface area contributed by atoms with Crippen LogP contribution in [0.4, 0.5) is 0 Å². The Bertz CT molecular complexity index is 1030. The van der Waals surface area contributed by atoms with Crippen LogP contribution in [0.25, 0.3) is 22.2 Å². The molecule has 3 rings (SSSR count). The monoisotopic (exact) mass is 396 g/mol. The van der Waals surface area contributed by atoms with Crippen LogP contribution in [0.1, 0.15) is 33.5 Å². The number of hydrogen-bond acceptors (Lipinski definition) is 3. The van der Waals surface area contributed by atoms with Gasteiger partial charge in [-0.15, -0.1) is 0 Å². The molecule has 2 aromatic carbocycles. The fourth-order valence-electron chi connectivity index (χ4n) is 3.53. The highest BCUT2D eigenvalue weighted by Gasteiger charge is 2.20. The number of aromatic nitrogens is 1. The number of carbonyl (C=O) groups is 1. The molecule has 0 bridgehead atoms. The summed E-state index contributed by atoms with van der Waals surface area (Å²) in [6, 6.07) is 11.7. The smallest absolute Gasteiger partial charge is 0.252 e. The molecule has 0 unspecified atom stereocenters. The van der Waals surface area contributed by atoms with Crippen LogP contribution in [-0.2, 0) is 4.74 Å². The van der Waals surface area contributed by atoms with E-state index in [0.717, 1.165) is 45.3 Å². The van der Waals surface area contributed by atoms with Crippen molar-refractivity contribution < 1.29 is 9.53 Å². The van der Waals surface area contributed by atoms with Crippen molar-refractivity contribution in [2.24, 2.45) is 0 Å². The van der Waals surface area contributed by atoms with Crippen LogP contribution in [0.15, 0.2) is 36.4 Å². The van der Waals surface area contributed by atoms with Crippen LogP contribution in [0.5, 0.6) is 0 Å². The lowest BCUT2D eigenvalue weighted by Crippen LogP contribution is -2.26. The Kier molecular flexibility index (Phi) is 6.32. The van der Waals surface area contributed by atoms with Crippen LogP contribution in [0, 0.1) is 20.8 Å². The van der Waals surface area contributed by atoms with E-state index in [9.17, 15) is 4.79 Å². The second-order valence-electron chi connectivity index (χ2n) is 7.05. The zero-order valence-corrected chi connectivity index (χ0v) is 17.5. The summed E-state index contributed by atoms with van der Waals surface area (Å²) < 4.78 is 5.07. The van der Waals surface area contributed by atoms with E-state index < -0.39 is 0 Å². The van der Waals surface area contributed by atoms with E-state index in [1.165, 1.54) is 0 Å². The number of pyridine rings is 1. The van der Waals surface area contributed by atoms with Crippen molar-refractivity contribution in [3.63, 3.8) is 0 Å². The van der Waals surface area contributed by atoms with Crippen LogP contribution < -0.4 is 5.32 Å². The number of hydrogen-bond donors (Lipinski definition) is 1. The molecule has 0 saturated carbocycles. The third kappa shape index (κ3) is 4.18. The molecular formula is C23H25ClN2O2. The third-order valence-electron chi connectivity index (χ3n) is 4.80. The summed E-state index contributed by atoms with van der Waals surface area (Å²) in [5, 5.41) is 4.55. The predicted octanol–water partition coefficient (Wildman–Crippen LogP) is 5.25. The van der Waals surface area contributed by atoms with Gasteiger partial charge < -0.3 is 10.1 Å². The lowest BCUT2D eigenvalue weighted by atomic mass is 9.94. The first-order chi connectivity index (χ1) is 13.4. The summed E-state index contributed by atoms with van der Waals surface area (Å²) in [5.74, 6) is -0.0886. The van der Waals surface area contributed by atoms with Gasteiger partial charge >= 0.3 is 0 Å². The predicted molar refractivity (Wildman–Crippen MR) is 115 cm³/mol. The SMILES string of the molecule is COCCCNC(=O)c1c(C)c(-c2cccc(Cl)c2)nc2c(C)cc(C)cc12. The molecule has 3 aromatic rings. The Balaban J connectivity index is 2.19. The Morgan fingerprint density at radius 2 is 1.96 bits per heavy atom. The molecule has 0 aliphatic carbocycles. The number of methoxy groups -OCH3 is 1. The molecule has 0 spiro atoms. The van der Waals surface area contributed by atoms with Gasteiger partial charge in [0.2, 0.25) is 0 Å². The minimum absolute atomic E-state index is 0.0886. The number of aryl methyl sites for hydroxylation is 2. The molecule has 0 fully saturated rings. The van der Waals surface area contributed by atoms with E-state index in [0.29, 0.717) is 23.7 Å². The Labute approximate surface area is 170 Å². The van der Waals surface area contributed by atoms with Crippen molar-refractivity contribution in [2.75, 3.05) is 20.3 Å². The number of nitrogens with zero attached hydrogens (tertiary/aromatic N) is 1. The summed E-state index contributed by atoms with van der Waals surface area (Å²) >= 11 is 6.20. The first kappa shape index (κ1) is 20.3. The fourth-order valence-corrected chi connectivity index (χ4v) is 3.72. The van der Waals surface area contributed by atoms with Gasteiger partial charge in [-0.3, -0.25) is 4.79 Å². The van der Waals surface area contributed by atoms with E-state index in [1.54, 1.807) is 7.11 Å². The highest BCUT2D eigenvalue weighted by molar-refractivity contribution is 6.30. The number of nitrogens with one attached hydrogen (secondary N) is 1. The molecule has 5 heteroatoms. The van der Waals surface area contributed by atoms with E-state index >= 15 is 0 Å². The lowest BCUT2D eigenvalue weighted by molar-refractivity contribution is 0.0949. The molecule has 0 aliphatic rings. The highest BCUT2D eigenvalue weighted by Crippen LogP contribution is 2.32. The Morgan fingerprint density at radius 3 is 2.68 bits per heavy atom. The third-order valence-corrected chi connectivity index (χ3v) is 5.04. The van der Waals surface area contributed by atoms with Crippen molar-refractivity contribution in [2.45, 2.75) is 27.2 Å². The largest absolute Gasteiger partial charge is 0.385 e. The molecule has 1 amide bonds. The van der Waals surface area contributed by atoms with Crippen LogP contribution in [0.2, 0.25) is 5.02 Å². The molecule has 0 atom stereocenters. The van der Waals surface area contributed by atoms with Crippen LogP contribution >= 0.6 is 11.6 Å². The minimum atomic E-state index is -0.0886. The topological polar surface area (TPSA) is 51.2 Å². The normalized spacial score (nSPS) is 11.0. The summed E-state index contributed by atoms with van der Waals surface area (Å²) in [6.45, 7) is 7.19. The van der Waals surface area contributed by atoms with E-state index in [2.05, 4.69) is 11.4 Å². The number of halogens is 1. The van der Waals surface area contributed by atoms with Gasteiger partial charge in [-0.1, -0.05) is 35.4 Å². The van der Waals surface area contributed by atoms with E-state index in [4.69, 9.17) is 21.3 Å². The number of benzene rings is 2. The second kappa shape index (κ2) is 8.72. The summed E-state index contributed by atoms with van der Waals surface area (Å²) in [7, 11) is 1.66. The average Bonchev–Trinajstić information content (AvgIpc) is 2.64. The van der Waals surface area contributed by atoms with E-state index in [-0.39, 0.29) is 5.91 Å². The van der Waals surface area contributed by atoms with Gasteiger partial charge in [0, 0.05) is 36.2 Å². The molecule has 0 aliphatic heterocycles. The Hall–Kier alpha value is -2.43. The van der Waals surface area contributed by atoms with Gasteiger partial charge in [0.25, 0.3) is 5.91 Å². The maximum atomic E-state index is 13.1. The van der Waals surface area contributed by atoms with Crippen LogP contribution in [0.3, 0.4) is 0 Å². The molecule has 28 heavy (non-hydrogen) atoms. The van der Waals surface area contributed by atoms with Gasteiger partial charge in [-0.2, -0.15) is 0 Å². The minimum Gasteiger partial charge on any atom is -0.385 e. The summed E-state index contributed by atoms with van der Waals surface area (Å²) in [6.07, 6.45) is 0.767. The number of ether oxygens (including phenoxy) is 1. The van der Waals surface area contributed by atoms with Crippen molar-refractivity contribution in [3.8, 4) is 11.3 Å². The molecule has 0 radical (unpaired) electrons. The van der Waals surface area contributed by atoms with Gasteiger partial charge in [-0.25, -0.2) is 4.98 Å². The first-order valence-electron chi connectivity index (χ1n) is 9.37. The average molecular weight is 397 g/mol. The molecule has 1 N–H and O–H groups in total. The second-order valence-corrected chi connectivity index (χ2v) is 7.49. The number of rotatable bonds is 6. The molecular weight excluding hydrogens is 372 g/mol. The maximum absolute atomic E-state index is 13.1. The highest BCUT2D eigenvalue weighted by atomic mass is 35.5. The fraction of sp³-hybridized carbons (Fsp3) is 0.304. The summed E-state index contributed by atoms with van der Waals surface area (Å²) in [4.78, 5) is 18.0. The standard InChI is InChI=1S/C23H25ClN2O2/c1-14-11-15(2)21-19(12-14)20(23(27)25-9-6-10-28-4)16(3)22(26-21)17-7-5-8-18(24)13-17/h5,7-8,11-13H,6,9-10H2,1-4H3,(H,25,27). The Morgan fingerprint density at radius 1 is 1.18 bits per heavy atom. The van der Waals surface area contributed by atoms with Crippen molar-refractivity contribution in [1.82, 2.24) is 10.3 Å². The first-order valence-corrected chi connectivity index (χ1v) is 9.74. The van der Waals surface area contributed by atoms with Gasteiger partial charge in [0.15, 0.2) is 0 Å². The van der Waals surface area contributed by atoms with Gasteiger partial charge in [0.05, 0.1) is 16.8 Å². The molecule has 0 saturated heterocycles. The summed E-state index contributed by atoms with van der Waals surface area (Å²) in [5.41, 5.74) is 6.20. The molecule has 1 heterocycles.